The van der Waals surface area contributed by atoms with Crippen molar-refractivity contribution in [1.29, 1.82) is 0 Å². The predicted molar refractivity (Wildman–Crippen MR) is 59.6 cm³/mol. The summed E-state index contributed by atoms with van der Waals surface area (Å²) in [6.07, 6.45) is 3.92. The maximum atomic E-state index is 6.23. The fraction of sp³-hybridized carbons (Fsp3) is 0.364. The Morgan fingerprint density at radius 2 is 1.79 bits per heavy atom. The van der Waals surface area contributed by atoms with E-state index in [2.05, 4.69) is 24.3 Å². The van der Waals surface area contributed by atoms with Gasteiger partial charge in [0.25, 0.3) is 0 Å². The summed E-state index contributed by atoms with van der Waals surface area (Å²) < 4.78 is 1.42. The van der Waals surface area contributed by atoms with Gasteiger partial charge in [-0.05, 0) is 0 Å². The molecular formula is C11H12Cl2Hf. The van der Waals surface area contributed by atoms with E-state index in [1.54, 1.807) is 0 Å². The van der Waals surface area contributed by atoms with Gasteiger partial charge in [0.2, 0.25) is 0 Å². The van der Waals surface area contributed by atoms with Crippen molar-refractivity contribution >= 4 is 20.4 Å². The van der Waals surface area contributed by atoms with Crippen LogP contribution in [0.5, 0.6) is 0 Å². The van der Waals surface area contributed by atoms with Crippen molar-refractivity contribution in [1.82, 2.24) is 0 Å². The first-order chi connectivity index (χ1) is 6.79. The zero-order chi connectivity index (χ0) is 9.97. The third-order valence-electron chi connectivity index (χ3n) is 2.80. The van der Waals surface area contributed by atoms with E-state index in [1.165, 1.54) is 28.1 Å². The minimum atomic E-state index is -2.38. The summed E-state index contributed by atoms with van der Waals surface area (Å²) in [5, 5.41) is 0. The van der Waals surface area contributed by atoms with Gasteiger partial charge in [-0.2, -0.15) is 0 Å². The molecule has 1 aliphatic carbocycles. The van der Waals surface area contributed by atoms with Crippen LogP contribution in [0.2, 0.25) is 0 Å². The summed E-state index contributed by atoms with van der Waals surface area (Å²) in [4.78, 5) is 0. The zero-order valence-electron chi connectivity index (χ0n) is 7.84. The van der Waals surface area contributed by atoms with Crippen LogP contribution < -0.4 is 0 Å². The molecule has 14 heavy (non-hydrogen) atoms. The third kappa shape index (κ3) is 2.37. The van der Waals surface area contributed by atoms with Gasteiger partial charge in [0, 0.05) is 0 Å². The molecule has 1 aliphatic rings. The first kappa shape index (κ1) is 11.0. The number of hydrogen-bond donors (Lipinski definition) is 0. The second kappa shape index (κ2) is 5.05. The van der Waals surface area contributed by atoms with Gasteiger partial charge in [-0.15, -0.1) is 0 Å². The van der Waals surface area contributed by atoms with E-state index in [9.17, 15) is 0 Å². The Balaban J connectivity index is 2.33. The molecule has 0 heterocycles. The SMILES string of the molecule is [Cl][Hf]([Cl])=[C](c1ccccc1)C1CCC1. The van der Waals surface area contributed by atoms with Crippen molar-refractivity contribution in [3.8, 4) is 0 Å². The molecule has 0 amide bonds. The topological polar surface area (TPSA) is 0 Å². The first-order valence-electron chi connectivity index (χ1n) is 4.89. The van der Waals surface area contributed by atoms with Crippen LogP contribution >= 0.6 is 17.2 Å². The molecule has 0 unspecified atom stereocenters. The van der Waals surface area contributed by atoms with Gasteiger partial charge in [0.05, 0.1) is 0 Å². The second-order valence-corrected chi connectivity index (χ2v) is 15.2. The molecule has 0 N–H and O–H groups in total. The van der Waals surface area contributed by atoms with E-state index >= 15 is 0 Å². The average molecular weight is 394 g/mol. The van der Waals surface area contributed by atoms with E-state index in [1.807, 2.05) is 6.07 Å². The summed E-state index contributed by atoms with van der Waals surface area (Å²) in [5.41, 5.74) is 1.30. The Hall–Kier alpha value is 0.540. The fourth-order valence-corrected chi connectivity index (χ4v) is 9.65. The van der Waals surface area contributed by atoms with Gasteiger partial charge >= 0.3 is 100 Å². The van der Waals surface area contributed by atoms with Crippen LogP contribution in [-0.4, -0.2) is 3.26 Å². The van der Waals surface area contributed by atoms with E-state index in [0.29, 0.717) is 5.92 Å². The normalized spacial score (nSPS) is 16.1. The molecule has 1 saturated carbocycles. The van der Waals surface area contributed by atoms with Crippen molar-refractivity contribution in [3.63, 3.8) is 0 Å². The third-order valence-corrected chi connectivity index (χ3v) is 10.1. The van der Waals surface area contributed by atoms with E-state index in [-0.39, 0.29) is 0 Å². The Morgan fingerprint density at radius 3 is 2.21 bits per heavy atom. The fourth-order valence-electron chi connectivity index (χ4n) is 1.81. The van der Waals surface area contributed by atoms with E-state index in [0.717, 1.165) is 0 Å². The minimum absolute atomic E-state index is 0.703. The van der Waals surface area contributed by atoms with E-state index < -0.39 is 18.6 Å². The quantitative estimate of drug-likeness (QED) is 0.668. The summed E-state index contributed by atoms with van der Waals surface area (Å²) in [7, 11) is 12.5. The van der Waals surface area contributed by atoms with Crippen molar-refractivity contribution in [3.05, 3.63) is 35.9 Å². The van der Waals surface area contributed by atoms with Crippen LogP contribution in [0.3, 0.4) is 0 Å². The summed E-state index contributed by atoms with van der Waals surface area (Å²) in [6, 6.07) is 10.5. The van der Waals surface area contributed by atoms with Crippen molar-refractivity contribution in [2.24, 2.45) is 5.92 Å². The molecule has 74 valence electrons. The van der Waals surface area contributed by atoms with Crippen LogP contribution in [0.1, 0.15) is 24.8 Å². The zero-order valence-corrected chi connectivity index (χ0v) is 12.9. The summed E-state index contributed by atoms with van der Waals surface area (Å²) in [6.45, 7) is 0. The van der Waals surface area contributed by atoms with Gasteiger partial charge < -0.3 is 0 Å². The molecule has 2 rings (SSSR count). The van der Waals surface area contributed by atoms with Crippen LogP contribution in [0.4, 0.5) is 0 Å². The molecule has 0 bridgehead atoms. The summed E-state index contributed by atoms with van der Waals surface area (Å²) in [5.74, 6) is 0.703. The van der Waals surface area contributed by atoms with Gasteiger partial charge in [-0.1, -0.05) is 0 Å². The predicted octanol–water partition coefficient (Wildman–Crippen LogP) is 3.93. The number of halogens is 2. The molecule has 3 heteroatoms. The summed E-state index contributed by atoms with van der Waals surface area (Å²) >= 11 is -2.38. The average Bonchev–Trinajstić information content (AvgIpc) is 2.12. The Labute approximate surface area is 99.4 Å². The second-order valence-electron chi connectivity index (χ2n) is 3.67. The molecule has 1 fully saturated rings. The van der Waals surface area contributed by atoms with Crippen LogP contribution in [0, 0.1) is 5.92 Å². The molecule has 1 aromatic carbocycles. The van der Waals surface area contributed by atoms with Gasteiger partial charge in [-0.25, -0.2) is 0 Å². The molecule has 0 atom stereocenters. The van der Waals surface area contributed by atoms with Crippen LogP contribution in [0.25, 0.3) is 0 Å². The van der Waals surface area contributed by atoms with Crippen LogP contribution in [0.15, 0.2) is 30.3 Å². The van der Waals surface area contributed by atoms with Gasteiger partial charge in [-0.3, -0.25) is 0 Å². The molecule has 0 aliphatic heterocycles. The molecule has 0 spiro atoms. The van der Waals surface area contributed by atoms with Crippen LogP contribution in [-0.2, 0) is 18.6 Å². The molecule has 0 aromatic heterocycles. The van der Waals surface area contributed by atoms with Gasteiger partial charge in [0.1, 0.15) is 0 Å². The first-order valence-corrected chi connectivity index (χ1v) is 15.6. The van der Waals surface area contributed by atoms with Crippen molar-refractivity contribution < 1.29 is 18.6 Å². The standard InChI is InChI=1S/C11H12.2ClH.Hf/c1-2-5-10(6-3-1)9-11-7-4-8-11;;;/h1-3,5-6,11H,4,7-8H2;2*1H;/q;;;+2/p-2. The number of rotatable bonds is 2. The Morgan fingerprint density at radius 1 is 1.14 bits per heavy atom. The molecular weight excluding hydrogens is 382 g/mol. The molecule has 0 saturated heterocycles. The monoisotopic (exact) mass is 394 g/mol. The maximum absolute atomic E-state index is 6.23. The van der Waals surface area contributed by atoms with E-state index in [4.69, 9.17) is 17.2 Å². The Bertz CT molecular complexity index is 338. The Kier molecular flexibility index (Phi) is 3.98. The van der Waals surface area contributed by atoms with Crippen molar-refractivity contribution in [2.75, 3.05) is 0 Å². The molecule has 0 nitrogen and oxygen atoms in total. The number of hydrogen-bond acceptors (Lipinski definition) is 0. The van der Waals surface area contributed by atoms with Gasteiger partial charge in [0.15, 0.2) is 0 Å². The molecule has 0 radical (unpaired) electrons. The molecule has 1 aromatic rings. The number of benzene rings is 1. The van der Waals surface area contributed by atoms with Crippen molar-refractivity contribution in [2.45, 2.75) is 19.3 Å².